The average Bonchev–Trinajstić information content (AvgIpc) is 2.42. The molecule has 1 aliphatic rings. The lowest BCUT2D eigenvalue weighted by atomic mass is 10.3. The number of sulfonamides is 1. The number of ether oxygens (including phenoxy) is 1. The number of nitrogens with two attached hydrogens (primary N) is 1. The van der Waals surface area contributed by atoms with Gasteiger partial charge in [-0.15, -0.1) is 0 Å². The highest BCUT2D eigenvalue weighted by molar-refractivity contribution is 9.10. The van der Waals surface area contributed by atoms with Gasteiger partial charge in [0.2, 0.25) is 10.0 Å². The first-order chi connectivity index (χ1) is 9.36. The highest BCUT2D eigenvalue weighted by Gasteiger charge is 2.32. The summed E-state index contributed by atoms with van der Waals surface area (Å²) in [5, 5.41) is 8.80. The molecule has 0 aliphatic carbocycles. The number of anilines is 1. The molecule has 20 heavy (non-hydrogen) atoms. The van der Waals surface area contributed by atoms with Crippen molar-refractivity contribution in [1.82, 2.24) is 4.31 Å². The van der Waals surface area contributed by atoms with Gasteiger partial charge >= 0.3 is 0 Å². The summed E-state index contributed by atoms with van der Waals surface area (Å²) in [5.74, 6) is -0.701. The van der Waals surface area contributed by atoms with Crippen LogP contribution in [0, 0.1) is 17.1 Å². The van der Waals surface area contributed by atoms with Gasteiger partial charge in [-0.3, -0.25) is 0 Å². The van der Waals surface area contributed by atoms with Crippen molar-refractivity contribution in [2.75, 3.05) is 25.4 Å². The Morgan fingerprint density at radius 2 is 2.25 bits per heavy atom. The van der Waals surface area contributed by atoms with E-state index in [2.05, 4.69) is 15.9 Å². The molecule has 1 aliphatic heterocycles. The maximum Gasteiger partial charge on any atom is 0.244 e. The van der Waals surface area contributed by atoms with E-state index in [1.807, 2.05) is 6.07 Å². The molecule has 0 bridgehead atoms. The summed E-state index contributed by atoms with van der Waals surface area (Å²) in [6.45, 7) is 0.193. The molecule has 1 atom stereocenters. The number of hydrogen-bond donors (Lipinski definition) is 1. The van der Waals surface area contributed by atoms with E-state index in [4.69, 9.17) is 15.7 Å². The number of nitrogen functional groups attached to an aromatic ring is 1. The molecule has 2 N–H and O–H groups in total. The third-order valence-electron chi connectivity index (χ3n) is 2.84. The highest BCUT2D eigenvalue weighted by atomic mass is 79.9. The number of nitrogens with zero attached hydrogens (tertiary/aromatic N) is 2. The minimum atomic E-state index is -3.87. The third-order valence-corrected chi connectivity index (χ3v) is 5.67. The van der Waals surface area contributed by atoms with Crippen molar-refractivity contribution in [3.8, 4) is 6.07 Å². The Labute approximate surface area is 124 Å². The molecule has 6 nitrogen and oxygen atoms in total. The molecule has 0 aromatic heterocycles. The van der Waals surface area contributed by atoms with Crippen LogP contribution in [0.5, 0.6) is 0 Å². The fraction of sp³-hybridized carbons (Fsp3) is 0.364. The third kappa shape index (κ3) is 2.78. The van der Waals surface area contributed by atoms with Crippen molar-refractivity contribution in [1.29, 1.82) is 5.26 Å². The first kappa shape index (κ1) is 15.2. The van der Waals surface area contributed by atoms with Crippen molar-refractivity contribution >= 4 is 31.6 Å². The van der Waals surface area contributed by atoms with E-state index in [1.165, 1.54) is 0 Å². The van der Waals surface area contributed by atoms with Crippen molar-refractivity contribution in [2.24, 2.45) is 0 Å². The molecule has 1 heterocycles. The number of morpholine rings is 1. The van der Waals surface area contributed by atoms with E-state index in [0.29, 0.717) is 0 Å². The van der Waals surface area contributed by atoms with Gasteiger partial charge in [0.25, 0.3) is 0 Å². The molecule has 1 fully saturated rings. The van der Waals surface area contributed by atoms with Gasteiger partial charge in [0.05, 0.1) is 29.8 Å². The summed E-state index contributed by atoms with van der Waals surface area (Å²) >= 11 is 3.02. The van der Waals surface area contributed by atoms with E-state index in [1.54, 1.807) is 0 Å². The van der Waals surface area contributed by atoms with Gasteiger partial charge in [-0.1, -0.05) is 0 Å². The minimum absolute atomic E-state index is 0.0669. The van der Waals surface area contributed by atoms with E-state index >= 15 is 0 Å². The quantitative estimate of drug-likeness (QED) is 0.793. The summed E-state index contributed by atoms with van der Waals surface area (Å²) in [4.78, 5) is -0.130. The second-order valence-electron chi connectivity index (χ2n) is 4.16. The van der Waals surface area contributed by atoms with E-state index in [-0.39, 0.29) is 34.8 Å². The maximum absolute atomic E-state index is 13.3. The van der Waals surface area contributed by atoms with Gasteiger partial charge in [-0.05, 0) is 28.1 Å². The number of benzene rings is 1. The van der Waals surface area contributed by atoms with Gasteiger partial charge in [-0.25, -0.2) is 12.8 Å². The Bertz CT molecular complexity index is 674. The molecule has 1 saturated heterocycles. The van der Waals surface area contributed by atoms with E-state index in [0.717, 1.165) is 16.4 Å². The van der Waals surface area contributed by atoms with Gasteiger partial charge in [-0.2, -0.15) is 9.57 Å². The lowest BCUT2D eigenvalue weighted by Gasteiger charge is -2.29. The molecule has 0 radical (unpaired) electrons. The van der Waals surface area contributed by atoms with Crippen LogP contribution in [0.15, 0.2) is 21.5 Å². The molecule has 0 saturated carbocycles. The van der Waals surface area contributed by atoms with Gasteiger partial charge in [0.15, 0.2) is 6.10 Å². The lowest BCUT2D eigenvalue weighted by molar-refractivity contribution is 0.0311. The Kier molecular flexibility index (Phi) is 4.29. The predicted octanol–water partition coefficient (Wildman–Crippen LogP) is 1.08. The zero-order chi connectivity index (χ0) is 14.9. The van der Waals surface area contributed by atoms with Crippen LogP contribution in [0.3, 0.4) is 0 Å². The Morgan fingerprint density at radius 1 is 1.55 bits per heavy atom. The second kappa shape index (κ2) is 5.65. The van der Waals surface area contributed by atoms with Crippen LogP contribution in [0.1, 0.15) is 0 Å². The zero-order valence-electron chi connectivity index (χ0n) is 10.2. The van der Waals surface area contributed by atoms with Crippen LogP contribution in [-0.4, -0.2) is 38.5 Å². The second-order valence-corrected chi connectivity index (χ2v) is 6.92. The molecule has 1 unspecified atom stereocenters. The average molecular weight is 364 g/mol. The summed E-state index contributed by atoms with van der Waals surface area (Å²) < 4.78 is 44.6. The summed E-state index contributed by atoms with van der Waals surface area (Å²) in [7, 11) is -3.87. The fourth-order valence-electron chi connectivity index (χ4n) is 1.80. The molecule has 9 heteroatoms. The van der Waals surface area contributed by atoms with Gasteiger partial charge < -0.3 is 10.5 Å². The zero-order valence-corrected chi connectivity index (χ0v) is 12.6. The Balaban J connectivity index is 2.40. The van der Waals surface area contributed by atoms with Crippen LogP contribution in [0.2, 0.25) is 0 Å². The highest BCUT2D eigenvalue weighted by Crippen LogP contribution is 2.29. The molecular weight excluding hydrogens is 353 g/mol. The lowest BCUT2D eigenvalue weighted by Crippen LogP contribution is -2.45. The van der Waals surface area contributed by atoms with Crippen molar-refractivity contribution in [3.05, 3.63) is 22.4 Å². The Hall–Kier alpha value is -1.21. The first-order valence-electron chi connectivity index (χ1n) is 5.62. The minimum Gasteiger partial charge on any atom is -0.396 e. The number of hydrogen-bond acceptors (Lipinski definition) is 5. The molecular formula is C11H11BrFN3O3S. The molecule has 108 valence electrons. The van der Waals surface area contributed by atoms with Crippen LogP contribution in [0.4, 0.5) is 10.1 Å². The number of rotatable bonds is 2. The van der Waals surface area contributed by atoms with Crippen molar-refractivity contribution in [3.63, 3.8) is 0 Å². The largest absolute Gasteiger partial charge is 0.396 e. The monoisotopic (exact) mass is 363 g/mol. The smallest absolute Gasteiger partial charge is 0.244 e. The van der Waals surface area contributed by atoms with Crippen molar-refractivity contribution in [2.45, 2.75) is 11.0 Å². The summed E-state index contributed by atoms with van der Waals surface area (Å²) in [5.41, 5.74) is 5.16. The number of halogens is 2. The first-order valence-corrected chi connectivity index (χ1v) is 7.85. The molecule has 0 spiro atoms. The predicted molar refractivity (Wildman–Crippen MR) is 72.6 cm³/mol. The summed E-state index contributed by atoms with van der Waals surface area (Å²) in [6, 6.07) is 3.93. The van der Waals surface area contributed by atoms with E-state index < -0.39 is 21.9 Å². The van der Waals surface area contributed by atoms with Crippen molar-refractivity contribution < 1.29 is 17.5 Å². The molecule has 0 amide bonds. The van der Waals surface area contributed by atoms with Gasteiger partial charge in [0, 0.05) is 11.0 Å². The molecule has 2 rings (SSSR count). The fourth-order valence-corrected chi connectivity index (χ4v) is 4.24. The normalized spacial score (nSPS) is 20.6. The maximum atomic E-state index is 13.3. The standard InChI is InChI=1S/C11H11BrFN3O3S/c12-8-3-9(13)10(15)4-11(8)20(17,18)16-1-2-19-7(5-14)6-16/h3-4,7H,1-2,6,15H2. The molecule has 1 aromatic rings. The van der Waals surface area contributed by atoms with Crippen LogP contribution in [-0.2, 0) is 14.8 Å². The number of nitriles is 1. The van der Waals surface area contributed by atoms with E-state index in [9.17, 15) is 12.8 Å². The topological polar surface area (TPSA) is 96.4 Å². The van der Waals surface area contributed by atoms with Crippen LogP contribution in [0.25, 0.3) is 0 Å². The molecule has 1 aromatic carbocycles. The Morgan fingerprint density at radius 3 is 2.90 bits per heavy atom. The van der Waals surface area contributed by atoms with Gasteiger partial charge in [0.1, 0.15) is 5.82 Å². The van der Waals surface area contributed by atoms with Crippen LogP contribution < -0.4 is 5.73 Å². The summed E-state index contributed by atoms with van der Waals surface area (Å²) in [6.07, 6.45) is -0.810. The SMILES string of the molecule is N#CC1CN(S(=O)(=O)c2cc(N)c(F)cc2Br)CCO1. The van der Waals surface area contributed by atoms with Crippen LogP contribution >= 0.6 is 15.9 Å².